The van der Waals surface area contributed by atoms with Gasteiger partial charge in [-0.2, -0.15) is 5.26 Å². The summed E-state index contributed by atoms with van der Waals surface area (Å²) in [7, 11) is 0. The Morgan fingerprint density at radius 1 is 1.25 bits per heavy atom. The van der Waals surface area contributed by atoms with Crippen molar-refractivity contribution in [3.05, 3.63) is 45.6 Å². The summed E-state index contributed by atoms with van der Waals surface area (Å²) >= 11 is 7.62. The van der Waals surface area contributed by atoms with Crippen LogP contribution in [0.1, 0.15) is 5.56 Å². The van der Waals surface area contributed by atoms with Gasteiger partial charge in [-0.1, -0.05) is 23.7 Å². The second-order valence-electron chi connectivity index (χ2n) is 3.25. The molecule has 0 aliphatic rings. The highest BCUT2D eigenvalue weighted by Crippen LogP contribution is 2.29. The summed E-state index contributed by atoms with van der Waals surface area (Å²) in [6.45, 7) is 0. The van der Waals surface area contributed by atoms with E-state index in [4.69, 9.17) is 16.9 Å². The van der Waals surface area contributed by atoms with E-state index in [0.29, 0.717) is 11.4 Å². The van der Waals surface area contributed by atoms with Crippen molar-refractivity contribution in [3.63, 3.8) is 0 Å². The second kappa shape index (κ2) is 5.02. The first kappa shape index (κ1) is 11.0. The van der Waals surface area contributed by atoms with Crippen molar-refractivity contribution in [2.45, 2.75) is 6.42 Å². The average molecular weight is 249 g/mol. The molecule has 0 atom stereocenters. The summed E-state index contributed by atoms with van der Waals surface area (Å²) in [4.78, 5) is 0. The van der Waals surface area contributed by atoms with Gasteiger partial charge in [-0.3, -0.25) is 0 Å². The van der Waals surface area contributed by atoms with E-state index >= 15 is 0 Å². The van der Waals surface area contributed by atoms with Gasteiger partial charge in [-0.25, -0.2) is 0 Å². The molecule has 0 saturated heterocycles. The van der Waals surface area contributed by atoms with Crippen LogP contribution in [0.5, 0.6) is 0 Å². The molecule has 0 radical (unpaired) electrons. The number of nitrogens with one attached hydrogen (secondary N) is 1. The fourth-order valence-corrected chi connectivity index (χ4v) is 2.33. The normalized spacial score (nSPS) is 9.75. The van der Waals surface area contributed by atoms with Crippen LogP contribution in [0.25, 0.3) is 0 Å². The zero-order chi connectivity index (χ0) is 11.4. The number of nitriles is 1. The number of halogens is 1. The SMILES string of the molecule is N#CCc1cscc1Nc1ccccc1Cl. The fraction of sp³-hybridized carbons (Fsp3) is 0.0833. The molecule has 2 aromatic rings. The Morgan fingerprint density at radius 2 is 2.06 bits per heavy atom. The van der Waals surface area contributed by atoms with Crippen molar-refractivity contribution in [2.24, 2.45) is 0 Å². The van der Waals surface area contributed by atoms with Gasteiger partial charge in [0, 0.05) is 10.9 Å². The molecule has 0 saturated carbocycles. The fourth-order valence-electron chi connectivity index (χ4n) is 1.36. The zero-order valence-corrected chi connectivity index (χ0v) is 9.98. The predicted molar refractivity (Wildman–Crippen MR) is 68.4 cm³/mol. The number of hydrogen-bond donors (Lipinski definition) is 1. The van der Waals surface area contributed by atoms with Crippen LogP contribution in [0.2, 0.25) is 5.02 Å². The monoisotopic (exact) mass is 248 g/mol. The molecule has 1 N–H and O–H groups in total. The highest BCUT2D eigenvalue weighted by Gasteiger charge is 2.05. The highest BCUT2D eigenvalue weighted by molar-refractivity contribution is 7.08. The number of benzene rings is 1. The number of rotatable bonds is 3. The van der Waals surface area contributed by atoms with Crippen LogP contribution in [0.15, 0.2) is 35.0 Å². The van der Waals surface area contributed by atoms with Gasteiger partial charge in [-0.15, -0.1) is 11.3 Å². The van der Waals surface area contributed by atoms with E-state index in [-0.39, 0.29) is 0 Å². The minimum atomic E-state index is 0.413. The maximum atomic E-state index is 8.68. The summed E-state index contributed by atoms with van der Waals surface area (Å²) in [6.07, 6.45) is 0.413. The third kappa shape index (κ3) is 2.35. The van der Waals surface area contributed by atoms with Crippen molar-refractivity contribution in [1.29, 1.82) is 5.26 Å². The van der Waals surface area contributed by atoms with E-state index < -0.39 is 0 Å². The predicted octanol–water partition coefficient (Wildman–Crippen LogP) is 4.21. The van der Waals surface area contributed by atoms with Gasteiger partial charge in [0.15, 0.2) is 0 Å². The summed E-state index contributed by atoms with van der Waals surface area (Å²) in [5.74, 6) is 0. The van der Waals surface area contributed by atoms with Crippen molar-refractivity contribution in [1.82, 2.24) is 0 Å². The first-order valence-electron chi connectivity index (χ1n) is 4.75. The topological polar surface area (TPSA) is 35.8 Å². The molecule has 2 nitrogen and oxygen atoms in total. The molecule has 80 valence electrons. The zero-order valence-electron chi connectivity index (χ0n) is 8.40. The van der Waals surface area contributed by atoms with Crippen molar-refractivity contribution < 1.29 is 0 Å². The Balaban J connectivity index is 2.24. The molecule has 16 heavy (non-hydrogen) atoms. The average Bonchev–Trinajstić information content (AvgIpc) is 2.70. The Bertz CT molecular complexity index is 528. The minimum absolute atomic E-state index is 0.413. The summed E-state index contributed by atoms with van der Waals surface area (Å²) < 4.78 is 0. The van der Waals surface area contributed by atoms with E-state index in [1.54, 1.807) is 11.3 Å². The van der Waals surface area contributed by atoms with Crippen LogP contribution in [0.4, 0.5) is 11.4 Å². The van der Waals surface area contributed by atoms with Crippen LogP contribution in [0, 0.1) is 11.3 Å². The van der Waals surface area contributed by atoms with Gasteiger partial charge in [0.2, 0.25) is 0 Å². The number of anilines is 2. The number of para-hydroxylation sites is 1. The molecule has 0 amide bonds. The molecule has 0 spiro atoms. The molecule has 0 aliphatic carbocycles. The van der Waals surface area contributed by atoms with Gasteiger partial charge in [0.05, 0.1) is 28.9 Å². The van der Waals surface area contributed by atoms with E-state index in [1.807, 2.05) is 35.0 Å². The summed E-state index contributed by atoms with van der Waals surface area (Å²) in [5.41, 5.74) is 2.83. The molecular formula is C12H9ClN2S. The molecule has 0 unspecified atom stereocenters. The lowest BCUT2D eigenvalue weighted by molar-refractivity contribution is 1.28. The maximum Gasteiger partial charge on any atom is 0.0670 e. The van der Waals surface area contributed by atoms with Gasteiger partial charge in [0.25, 0.3) is 0 Å². The van der Waals surface area contributed by atoms with Crippen molar-refractivity contribution in [3.8, 4) is 6.07 Å². The lowest BCUT2D eigenvalue weighted by Gasteiger charge is -2.07. The number of hydrogen-bond acceptors (Lipinski definition) is 3. The quantitative estimate of drug-likeness (QED) is 0.883. The summed E-state index contributed by atoms with van der Waals surface area (Å²) in [6, 6.07) is 9.70. The van der Waals surface area contributed by atoms with E-state index in [0.717, 1.165) is 16.9 Å². The van der Waals surface area contributed by atoms with Gasteiger partial charge < -0.3 is 5.32 Å². The highest BCUT2D eigenvalue weighted by atomic mass is 35.5. The third-order valence-corrected chi connectivity index (χ3v) is 3.28. The van der Waals surface area contributed by atoms with Crippen LogP contribution >= 0.6 is 22.9 Å². The molecule has 2 rings (SSSR count). The first-order chi connectivity index (χ1) is 7.81. The standard InChI is InChI=1S/C12H9ClN2S/c13-10-3-1-2-4-11(10)15-12-8-16-7-9(12)5-6-14/h1-4,7-8,15H,5H2. The van der Waals surface area contributed by atoms with Gasteiger partial charge >= 0.3 is 0 Å². The van der Waals surface area contributed by atoms with E-state index in [1.165, 1.54) is 0 Å². The van der Waals surface area contributed by atoms with Crippen LogP contribution in [0.3, 0.4) is 0 Å². The van der Waals surface area contributed by atoms with Crippen LogP contribution < -0.4 is 5.32 Å². The van der Waals surface area contributed by atoms with Gasteiger partial charge in [-0.05, 0) is 17.5 Å². The molecular weight excluding hydrogens is 240 g/mol. The van der Waals surface area contributed by atoms with E-state index in [2.05, 4.69) is 11.4 Å². The molecule has 1 aromatic heterocycles. The first-order valence-corrected chi connectivity index (χ1v) is 6.07. The third-order valence-electron chi connectivity index (χ3n) is 2.15. The van der Waals surface area contributed by atoms with Crippen LogP contribution in [-0.2, 0) is 6.42 Å². The molecule has 1 heterocycles. The largest absolute Gasteiger partial charge is 0.353 e. The Morgan fingerprint density at radius 3 is 2.81 bits per heavy atom. The van der Waals surface area contributed by atoms with E-state index in [9.17, 15) is 0 Å². The Labute approximate surface area is 103 Å². The maximum absolute atomic E-state index is 8.68. The second-order valence-corrected chi connectivity index (χ2v) is 4.40. The molecule has 4 heteroatoms. The molecule has 1 aromatic carbocycles. The number of thiophene rings is 1. The van der Waals surface area contributed by atoms with Crippen molar-refractivity contribution >= 4 is 34.3 Å². The lowest BCUT2D eigenvalue weighted by atomic mass is 10.2. The lowest BCUT2D eigenvalue weighted by Crippen LogP contribution is -1.92. The smallest absolute Gasteiger partial charge is 0.0670 e. The minimum Gasteiger partial charge on any atom is -0.353 e. The molecule has 0 fully saturated rings. The number of nitrogens with zero attached hydrogens (tertiary/aromatic N) is 1. The Hall–Kier alpha value is -1.50. The molecule has 0 bridgehead atoms. The van der Waals surface area contributed by atoms with Crippen LogP contribution in [-0.4, -0.2) is 0 Å². The van der Waals surface area contributed by atoms with Gasteiger partial charge in [0.1, 0.15) is 0 Å². The Kier molecular flexibility index (Phi) is 3.45. The summed E-state index contributed by atoms with van der Waals surface area (Å²) in [5, 5.41) is 16.6. The van der Waals surface area contributed by atoms with Crippen molar-refractivity contribution in [2.75, 3.05) is 5.32 Å². The molecule has 0 aliphatic heterocycles.